The second-order valence-corrected chi connectivity index (χ2v) is 12.2. The number of unbranched alkanes of at least 4 members (excludes halogenated alkanes) is 13. The first kappa shape index (κ1) is 34.5. The molecule has 0 radical (unpaired) electrons. The molecule has 0 spiro atoms. The molecule has 0 bridgehead atoms. The molecule has 0 aliphatic rings. The zero-order valence-electron chi connectivity index (χ0n) is 27.2. The molecule has 236 valence electrons. The van der Waals surface area contributed by atoms with Crippen LogP contribution in [0.1, 0.15) is 133 Å². The highest BCUT2D eigenvalue weighted by Gasteiger charge is 2.09. The van der Waals surface area contributed by atoms with Crippen molar-refractivity contribution in [3.63, 3.8) is 0 Å². The van der Waals surface area contributed by atoms with Crippen molar-refractivity contribution in [1.82, 2.24) is 0 Å². The number of fused-ring (bicyclic) bond motifs is 1. The van der Waals surface area contributed by atoms with E-state index in [1.165, 1.54) is 83.5 Å². The van der Waals surface area contributed by atoms with Crippen LogP contribution in [0, 0.1) is 5.92 Å². The third-order valence-electron chi connectivity index (χ3n) is 8.34. The molecule has 3 aromatic rings. The summed E-state index contributed by atoms with van der Waals surface area (Å²) >= 11 is 0. The zero-order valence-corrected chi connectivity index (χ0v) is 27.2. The second-order valence-electron chi connectivity index (χ2n) is 12.2. The maximum Gasteiger partial charge on any atom is 0.338 e. The highest BCUT2D eigenvalue weighted by Crippen LogP contribution is 2.26. The maximum absolute atomic E-state index is 12.2. The number of hydrogen-bond acceptors (Lipinski definition) is 4. The number of ether oxygens (including phenoxy) is 3. The number of hydrogen-bond donors (Lipinski definition) is 0. The van der Waals surface area contributed by atoms with Gasteiger partial charge in [-0.1, -0.05) is 135 Å². The lowest BCUT2D eigenvalue weighted by Gasteiger charge is -2.11. The number of rotatable bonds is 23. The molecule has 0 unspecified atom stereocenters. The highest BCUT2D eigenvalue weighted by atomic mass is 16.5. The van der Waals surface area contributed by atoms with Gasteiger partial charge < -0.3 is 14.2 Å². The minimum Gasteiger partial charge on any atom is -0.494 e. The van der Waals surface area contributed by atoms with Gasteiger partial charge in [0.05, 0.1) is 18.8 Å². The molecule has 4 heteroatoms. The van der Waals surface area contributed by atoms with Gasteiger partial charge in [0.25, 0.3) is 0 Å². The van der Waals surface area contributed by atoms with Crippen LogP contribution in [0.4, 0.5) is 0 Å². The van der Waals surface area contributed by atoms with E-state index in [0.717, 1.165) is 47.3 Å². The highest BCUT2D eigenvalue weighted by molar-refractivity contribution is 5.89. The Morgan fingerprint density at radius 2 is 1.14 bits per heavy atom. The van der Waals surface area contributed by atoms with Crippen LogP contribution in [-0.2, 0) is 11.3 Å². The fraction of sp³-hybridized carbons (Fsp3) is 0.564. The molecule has 3 rings (SSSR count). The summed E-state index contributed by atoms with van der Waals surface area (Å²) in [6.45, 7) is 8.13. The van der Waals surface area contributed by atoms with Gasteiger partial charge in [-0.05, 0) is 65.1 Å². The Labute approximate surface area is 261 Å². The van der Waals surface area contributed by atoms with E-state index in [9.17, 15) is 4.79 Å². The van der Waals surface area contributed by atoms with Crippen molar-refractivity contribution in [3.05, 3.63) is 71.8 Å². The largest absolute Gasteiger partial charge is 0.494 e. The summed E-state index contributed by atoms with van der Waals surface area (Å²) in [6.07, 6.45) is 20.1. The molecule has 0 aliphatic heterocycles. The summed E-state index contributed by atoms with van der Waals surface area (Å²) in [5.41, 5.74) is 1.57. The van der Waals surface area contributed by atoms with Gasteiger partial charge in [-0.15, -0.1) is 0 Å². The van der Waals surface area contributed by atoms with Gasteiger partial charge in [-0.3, -0.25) is 0 Å². The predicted molar refractivity (Wildman–Crippen MR) is 180 cm³/mol. The quantitative estimate of drug-likeness (QED) is 0.0816. The first-order chi connectivity index (χ1) is 21.1. The van der Waals surface area contributed by atoms with Crippen molar-refractivity contribution >= 4 is 16.7 Å². The van der Waals surface area contributed by atoms with Gasteiger partial charge in [0.15, 0.2) is 0 Å². The number of esters is 1. The molecule has 0 aliphatic carbocycles. The standard InChI is InChI=1S/C39H56O4/c1-4-6-7-8-9-10-11-12-13-14-15-16-17-18-27-41-37-25-23-36-29-38(26-24-35(36)28-37)42-31-33-19-21-34(22-20-33)39(40)43-30-32(3)5-2/h19-26,28-29,32H,4-18,27,30-31H2,1-3H3/t32-/m1/s1. The topological polar surface area (TPSA) is 44.8 Å². The van der Waals surface area contributed by atoms with Crippen LogP contribution in [0.3, 0.4) is 0 Å². The monoisotopic (exact) mass is 588 g/mol. The summed E-state index contributed by atoms with van der Waals surface area (Å²) in [7, 11) is 0. The fourth-order valence-corrected chi connectivity index (χ4v) is 5.19. The Bertz CT molecular complexity index is 1170. The first-order valence-electron chi connectivity index (χ1n) is 17.1. The van der Waals surface area contributed by atoms with Gasteiger partial charge >= 0.3 is 5.97 Å². The molecular formula is C39H56O4. The van der Waals surface area contributed by atoms with Crippen LogP contribution >= 0.6 is 0 Å². The maximum atomic E-state index is 12.2. The van der Waals surface area contributed by atoms with E-state index in [-0.39, 0.29) is 5.97 Å². The van der Waals surface area contributed by atoms with Crippen molar-refractivity contribution in [2.24, 2.45) is 5.92 Å². The van der Waals surface area contributed by atoms with Crippen LogP contribution in [0.5, 0.6) is 11.5 Å². The summed E-state index contributed by atoms with van der Waals surface area (Å²) in [6, 6.07) is 19.9. The molecule has 1 atom stereocenters. The van der Waals surface area contributed by atoms with Crippen molar-refractivity contribution < 1.29 is 19.0 Å². The Balaban J connectivity index is 1.28. The zero-order chi connectivity index (χ0) is 30.5. The number of carbonyl (C=O) groups excluding carboxylic acids is 1. The SMILES string of the molecule is CCCCCCCCCCCCCCCCOc1ccc2cc(OCc3ccc(C(=O)OC[C@H](C)CC)cc3)ccc2c1. The summed E-state index contributed by atoms with van der Waals surface area (Å²) in [5.74, 6) is 1.85. The lowest BCUT2D eigenvalue weighted by molar-refractivity contribution is 0.0447. The Hall–Kier alpha value is -3.01. The molecule has 43 heavy (non-hydrogen) atoms. The molecule has 0 saturated heterocycles. The fourth-order valence-electron chi connectivity index (χ4n) is 5.19. The minimum atomic E-state index is -0.273. The van der Waals surface area contributed by atoms with E-state index in [2.05, 4.69) is 51.1 Å². The Kier molecular flexibility index (Phi) is 16.7. The summed E-state index contributed by atoms with van der Waals surface area (Å²) < 4.78 is 17.5. The molecule has 0 aromatic heterocycles. The normalized spacial score (nSPS) is 11.9. The third-order valence-corrected chi connectivity index (χ3v) is 8.34. The van der Waals surface area contributed by atoms with Gasteiger partial charge in [0, 0.05) is 0 Å². The van der Waals surface area contributed by atoms with Gasteiger partial charge in [0.1, 0.15) is 18.1 Å². The van der Waals surface area contributed by atoms with Crippen LogP contribution < -0.4 is 9.47 Å². The van der Waals surface area contributed by atoms with E-state index >= 15 is 0 Å². The Morgan fingerprint density at radius 3 is 1.67 bits per heavy atom. The summed E-state index contributed by atoms with van der Waals surface area (Å²) in [4.78, 5) is 12.2. The number of benzene rings is 3. The van der Waals surface area contributed by atoms with Crippen LogP contribution in [0.25, 0.3) is 10.8 Å². The van der Waals surface area contributed by atoms with Gasteiger partial charge in [-0.25, -0.2) is 4.79 Å². The van der Waals surface area contributed by atoms with E-state index in [1.54, 1.807) is 12.1 Å². The number of carbonyl (C=O) groups is 1. The van der Waals surface area contributed by atoms with Crippen molar-refractivity contribution in [2.75, 3.05) is 13.2 Å². The van der Waals surface area contributed by atoms with Crippen molar-refractivity contribution in [1.29, 1.82) is 0 Å². The van der Waals surface area contributed by atoms with E-state index in [4.69, 9.17) is 14.2 Å². The molecule has 4 nitrogen and oxygen atoms in total. The van der Waals surface area contributed by atoms with Crippen LogP contribution in [-0.4, -0.2) is 19.2 Å². The average molecular weight is 589 g/mol. The van der Waals surface area contributed by atoms with Crippen molar-refractivity contribution in [2.45, 2.75) is 124 Å². The lowest BCUT2D eigenvalue weighted by atomic mass is 10.0. The Morgan fingerprint density at radius 1 is 0.628 bits per heavy atom. The molecule has 3 aromatic carbocycles. The molecule has 0 amide bonds. The minimum absolute atomic E-state index is 0.273. The lowest BCUT2D eigenvalue weighted by Crippen LogP contribution is -2.11. The summed E-state index contributed by atoms with van der Waals surface area (Å²) in [5, 5.41) is 2.27. The molecule has 0 saturated carbocycles. The molecule has 0 N–H and O–H groups in total. The van der Waals surface area contributed by atoms with Crippen LogP contribution in [0.2, 0.25) is 0 Å². The second kappa shape index (κ2) is 20.8. The molecular weight excluding hydrogens is 532 g/mol. The first-order valence-corrected chi connectivity index (χ1v) is 17.1. The average Bonchev–Trinajstić information content (AvgIpc) is 3.04. The van der Waals surface area contributed by atoms with E-state index in [1.807, 2.05) is 18.2 Å². The van der Waals surface area contributed by atoms with Gasteiger partial charge in [0.2, 0.25) is 0 Å². The van der Waals surface area contributed by atoms with E-state index in [0.29, 0.717) is 24.7 Å². The molecule has 0 fully saturated rings. The smallest absolute Gasteiger partial charge is 0.338 e. The third kappa shape index (κ3) is 13.9. The molecule has 0 heterocycles. The van der Waals surface area contributed by atoms with Crippen molar-refractivity contribution in [3.8, 4) is 11.5 Å². The predicted octanol–water partition coefficient (Wildman–Crippen LogP) is 11.5. The van der Waals surface area contributed by atoms with E-state index < -0.39 is 0 Å². The van der Waals surface area contributed by atoms with Crippen LogP contribution in [0.15, 0.2) is 60.7 Å². The van der Waals surface area contributed by atoms with Gasteiger partial charge in [-0.2, -0.15) is 0 Å².